The van der Waals surface area contributed by atoms with Crippen molar-refractivity contribution in [2.75, 3.05) is 19.6 Å². The second kappa shape index (κ2) is 9.15. The fraction of sp³-hybridized carbons (Fsp3) is 0.600. The van der Waals surface area contributed by atoms with Crippen molar-refractivity contribution in [1.82, 2.24) is 19.6 Å². The molecule has 3 unspecified atom stereocenters. The van der Waals surface area contributed by atoms with Crippen molar-refractivity contribution in [2.24, 2.45) is 28.9 Å². The Kier molecular flexibility index (Phi) is 6.45. The molecule has 1 aliphatic heterocycles. The molecule has 2 aromatic heterocycles. The lowest BCUT2D eigenvalue weighted by Gasteiger charge is -2.42. The third kappa shape index (κ3) is 4.75. The number of nitrogens with one attached hydrogen (secondary N) is 1. The average Bonchev–Trinajstić information content (AvgIpc) is 3.23. The molecule has 0 radical (unpaired) electrons. The molecule has 3 atom stereocenters. The molecule has 2 fully saturated rings. The second-order valence-corrected chi connectivity index (χ2v) is 10.4. The van der Waals surface area contributed by atoms with Crippen LogP contribution in [0.15, 0.2) is 24.4 Å². The van der Waals surface area contributed by atoms with Crippen LogP contribution in [-0.2, 0) is 4.79 Å². The predicted molar refractivity (Wildman–Crippen MR) is 126 cm³/mol. The Morgan fingerprint density at radius 1 is 1.21 bits per heavy atom. The van der Waals surface area contributed by atoms with Gasteiger partial charge in [0.15, 0.2) is 0 Å². The summed E-state index contributed by atoms with van der Waals surface area (Å²) in [4.78, 5) is 43.8. The Bertz CT molecular complexity index is 1060. The van der Waals surface area contributed by atoms with Crippen molar-refractivity contribution in [2.45, 2.75) is 52.9 Å². The Balaban J connectivity index is 1.48. The molecule has 0 aromatic carbocycles. The van der Waals surface area contributed by atoms with Gasteiger partial charge in [0.05, 0.1) is 5.92 Å². The number of primary amides is 1. The number of piperidine rings is 1. The van der Waals surface area contributed by atoms with Crippen LogP contribution in [0.1, 0.15) is 73.9 Å². The molecule has 1 aliphatic carbocycles. The second-order valence-electron chi connectivity index (χ2n) is 10.4. The number of hydrogen-bond acceptors (Lipinski definition) is 4. The standard InChI is InChI=1S/C25H35N5O3/c1-16-17(7-5-11-25(16,2)3)13-27-23(32)20-9-4-10-21-28-19(15-30(20)21)24(33)29-12-6-8-18(14-29)22(26)31/h4,9-10,15-18H,5-8,11-14H2,1-3H3,(H2,26,31)(H,27,32). The van der Waals surface area contributed by atoms with Crippen LogP contribution < -0.4 is 11.1 Å². The summed E-state index contributed by atoms with van der Waals surface area (Å²) in [7, 11) is 0. The summed E-state index contributed by atoms with van der Waals surface area (Å²) in [5.41, 5.74) is 7.00. The number of nitrogens with zero attached hydrogens (tertiary/aromatic N) is 3. The van der Waals surface area contributed by atoms with E-state index in [0.29, 0.717) is 49.2 Å². The molecule has 1 saturated carbocycles. The molecule has 3 amide bonds. The summed E-state index contributed by atoms with van der Waals surface area (Å²) in [6.07, 6.45) is 6.59. The first kappa shape index (κ1) is 23.3. The van der Waals surface area contributed by atoms with Crippen LogP contribution in [-0.4, -0.2) is 51.6 Å². The minimum Gasteiger partial charge on any atom is -0.369 e. The highest BCUT2D eigenvalue weighted by Gasteiger charge is 2.36. The number of likely N-dealkylation sites (tertiary alicyclic amines) is 1. The van der Waals surface area contributed by atoms with Crippen LogP contribution >= 0.6 is 0 Å². The molecule has 178 valence electrons. The van der Waals surface area contributed by atoms with Gasteiger partial charge < -0.3 is 16.0 Å². The summed E-state index contributed by atoms with van der Waals surface area (Å²) in [5.74, 6) is -0.123. The van der Waals surface area contributed by atoms with Crippen molar-refractivity contribution in [3.05, 3.63) is 35.8 Å². The fourth-order valence-corrected chi connectivity index (χ4v) is 5.38. The van der Waals surface area contributed by atoms with Crippen molar-refractivity contribution in [1.29, 1.82) is 0 Å². The molecule has 3 heterocycles. The van der Waals surface area contributed by atoms with E-state index in [0.717, 1.165) is 12.8 Å². The lowest BCUT2D eigenvalue weighted by molar-refractivity contribution is -0.123. The summed E-state index contributed by atoms with van der Waals surface area (Å²) < 4.78 is 1.67. The van der Waals surface area contributed by atoms with E-state index >= 15 is 0 Å². The number of nitrogens with two attached hydrogens (primary N) is 1. The largest absolute Gasteiger partial charge is 0.369 e. The van der Waals surface area contributed by atoms with E-state index in [1.807, 2.05) is 0 Å². The summed E-state index contributed by atoms with van der Waals surface area (Å²) >= 11 is 0. The van der Waals surface area contributed by atoms with Crippen LogP contribution in [0.3, 0.4) is 0 Å². The van der Waals surface area contributed by atoms with E-state index in [1.165, 1.54) is 12.8 Å². The minimum atomic E-state index is -0.378. The molecule has 33 heavy (non-hydrogen) atoms. The van der Waals surface area contributed by atoms with E-state index in [4.69, 9.17) is 5.73 Å². The van der Waals surface area contributed by atoms with Gasteiger partial charge in [0.25, 0.3) is 11.8 Å². The maximum atomic E-state index is 13.1. The zero-order chi connectivity index (χ0) is 23.8. The summed E-state index contributed by atoms with van der Waals surface area (Å²) in [5, 5.41) is 3.11. The Labute approximate surface area is 194 Å². The third-order valence-electron chi connectivity index (χ3n) is 7.92. The SMILES string of the molecule is CC1C(CNC(=O)c2cccc3nc(C(=O)N4CCCC(C(N)=O)C4)cn23)CCCC1(C)C. The lowest BCUT2D eigenvalue weighted by atomic mass is 9.64. The maximum Gasteiger partial charge on any atom is 0.274 e. The van der Waals surface area contributed by atoms with Crippen molar-refractivity contribution >= 4 is 23.4 Å². The predicted octanol–water partition coefficient (Wildman–Crippen LogP) is 2.86. The zero-order valence-electron chi connectivity index (χ0n) is 19.8. The molecule has 8 heteroatoms. The van der Waals surface area contributed by atoms with Gasteiger partial charge >= 0.3 is 0 Å². The molecule has 0 bridgehead atoms. The smallest absolute Gasteiger partial charge is 0.274 e. The Morgan fingerprint density at radius 2 is 2.00 bits per heavy atom. The van der Waals surface area contributed by atoms with Crippen molar-refractivity contribution < 1.29 is 14.4 Å². The van der Waals surface area contributed by atoms with Crippen LogP contribution in [0.25, 0.3) is 5.65 Å². The monoisotopic (exact) mass is 453 g/mol. The quantitative estimate of drug-likeness (QED) is 0.725. The van der Waals surface area contributed by atoms with Crippen LogP contribution in [0.5, 0.6) is 0 Å². The van der Waals surface area contributed by atoms with Gasteiger partial charge in [0.2, 0.25) is 5.91 Å². The topological polar surface area (TPSA) is 110 Å². The highest BCUT2D eigenvalue weighted by molar-refractivity contribution is 5.96. The molecule has 2 aliphatic rings. The molecule has 0 spiro atoms. The maximum absolute atomic E-state index is 13.1. The molecule has 8 nitrogen and oxygen atoms in total. The minimum absolute atomic E-state index is 0.167. The molecule has 1 saturated heterocycles. The number of fused-ring (bicyclic) bond motifs is 1. The van der Waals surface area contributed by atoms with E-state index in [1.54, 1.807) is 33.7 Å². The normalized spacial score (nSPS) is 25.1. The van der Waals surface area contributed by atoms with Gasteiger partial charge in [0.1, 0.15) is 17.0 Å². The number of hydrogen-bond donors (Lipinski definition) is 2. The van der Waals surface area contributed by atoms with Gasteiger partial charge in [-0.05, 0) is 55.1 Å². The van der Waals surface area contributed by atoms with Gasteiger partial charge in [-0.2, -0.15) is 0 Å². The number of carbonyl (C=O) groups excluding carboxylic acids is 3. The van der Waals surface area contributed by atoms with Gasteiger partial charge in [-0.1, -0.05) is 33.3 Å². The number of carbonyl (C=O) groups is 3. The van der Waals surface area contributed by atoms with Crippen LogP contribution in [0.2, 0.25) is 0 Å². The molecule has 2 aromatic rings. The first-order valence-corrected chi connectivity index (χ1v) is 12.0. The lowest BCUT2D eigenvalue weighted by Crippen LogP contribution is -2.44. The zero-order valence-corrected chi connectivity index (χ0v) is 19.8. The highest BCUT2D eigenvalue weighted by atomic mass is 16.2. The molecular weight excluding hydrogens is 418 g/mol. The Hall–Kier alpha value is -2.90. The number of rotatable bonds is 5. The van der Waals surface area contributed by atoms with Crippen molar-refractivity contribution in [3.63, 3.8) is 0 Å². The summed E-state index contributed by atoms with van der Waals surface area (Å²) in [6.45, 7) is 8.43. The van der Waals surface area contributed by atoms with E-state index in [-0.39, 0.29) is 34.7 Å². The highest BCUT2D eigenvalue weighted by Crippen LogP contribution is 2.43. The van der Waals surface area contributed by atoms with Gasteiger partial charge in [-0.15, -0.1) is 0 Å². The molecular formula is C25H35N5O3. The number of imidazole rings is 1. The molecule has 4 rings (SSSR count). The fourth-order valence-electron chi connectivity index (χ4n) is 5.38. The van der Waals surface area contributed by atoms with Crippen LogP contribution in [0, 0.1) is 23.2 Å². The number of pyridine rings is 1. The average molecular weight is 454 g/mol. The first-order chi connectivity index (χ1) is 15.7. The molecule has 3 N–H and O–H groups in total. The van der Waals surface area contributed by atoms with E-state index in [9.17, 15) is 14.4 Å². The number of amides is 3. The first-order valence-electron chi connectivity index (χ1n) is 12.0. The Morgan fingerprint density at radius 3 is 2.76 bits per heavy atom. The van der Waals surface area contributed by atoms with Gasteiger partial charge in [0, 0.05) is 25.8 Å². The van der Waals surface area contributed by atoms with E-state index < -0.39 is 0 Å². The summed E-state index contributed by atoms with van der Waals surface area (Å²) in [6, 6.07) is 5.31. The van der Waals surface area contributed by atoms with Crippen molar-refractivity contribution in [3.8, 4) is 0 Å². The third-order valence-corrected chi connectivity index (χ3v) is 7.92. The van der Waals surface area contributed by atoms with Crippen LogP contribution in [0.4, 0.5) is 0 Å². The number of aromatic nitrogens is 2. The van der Waals surface area contributed by atoms with E-state index in [2.05, 4.69) is 31.1 Å². The van der Waals surface area contributed by atoms with Gasteiger partial charge in [-0.3, -0.25) is 18.8 Å². The van der Waals surface area contributed by atoms with Gasteiger partial charge in [-0.25, -0.2) is 4.98 Å².